The fourth-order valence-corrected chi connectivity index (χ4v) is 1.15. The third kappa shape index (κ3) is 1.89. The van der Waals surface area contributed by atoms with Crippen LogP contribution < -0.4 is 4.74 Å². The Hall–Kier alpha value is -0.760. The van der Waals surface area contributed by atoms with Crippen molar-refractivity contribution in [2.75, 3.05) is 7.11 Å². The molecule has 66 valence electrons. The van der Waals surface area contributed by atoms with Gasteiger partial charge in [0.25, 0.3) is 0 Å². The third-order valence-corrected chi connectivity index (χ3v) is 1.92. The first kappa shape index (κ1) is 9.33. The normalized spacial score (nSPS) is 10.4. The van der Waals surface area contributed by atoms with Crippen molar-refractivity contribution in [3.05, 3.63) is 23.0 Å². The summed E-state index contributed by atoms with van der Waals surface area (Å²) in [7, 11) is 1.58. The molecule has 0 bridgehead atoms. The largest absolute Gasteiger partial charge is 0.494 e. The van der Waals surface area contributed by atoms with E-state index in [1.54, 1.807) is 7.11 Å². The Kier molecular flexibility index (Phi) is 2.93. The van der Waals surface area contributed by atoms with Crippen LogP contribution in [-0.2, 0) is 0 Å². The lowest BCUT2D eigenvalue weighted by Crippen LogP contribution is -1.94. The van der Waals surface area contributed by atoms with E-state index in [1.165, 1.54) is 0 Å². The first-order valence-corrected chi connectivity index (χ1v) is 4.23. The standard InChI is InChI=1S/C9H12ClNO/c1-6(2)7-4-5-8(12-3)9(10)11-7/h4-6H,1-3H3. The number of ether oxygens (including phenoxy) is 1. The quantitative estimate of drug-likeness (QED) is 0.661. The van der Waals surface area contributed by atoms with Crippen LogP contribution in [0.5, 0.6) is 5.75 Å². The van der Waals surface area contributed by atoms with E-state index in [1.807, 2.05) is 12.1 Å². The molecule has 0 aromatic carbocycles. The summed E-state index contributed by atoms with van der Waals surface area (Å²) in [5, 5.41) is 0.434. The highest BCUT2D eigenvalue weighted by Crippen LogP contribution is 2.24. The van der Waals surface area contributed by atoms with Crippen LogP contribution in [0.25, 0.3) is 0 Å². The second-order valence-electron chi connectivity index (χ2n) is 2.88. The Morgan fingerprint density at radius 2 is 2.08 bits per heavy atom. The topological polar surface area (TPSA) is 22.1 Å². The summed E-state index contributed by atoms with van der Waals surface area (Å²) < 4.78 is 4.99. The fourth-order valence-electron chi connectivity index (χ4n) is 0.909. The maximum absolute atomic E-state index is 5.84. The molecule has 0 aliphatic heterocycles. The van der Waals surface area contributed by atoms with Crippen LogP contribution in [0.3, 0.4) is 0 Å². The smallest absolute Gasteiger partial charge is 0.171 e. The van der Waals surface area contributed by atoms with Gasteiger partial charge in [-0.25, -0.2) is 4.98 Å². The van der Waals surface area contributed by atoms with Crippen molar-refractivity contribution in [1.82, 2.24) is 4.98 Å². The maximum Gasteiger partial charge on any atom is 0.171 e. The van der Waals surface area contributed by atoms with E-state index in [0.29, 0.717) is 16.8 Å². The summed E-state index contributed by atoms with van der Waals surface area (Å²) in [5.41, 5.74) is 0.987. The molecule has 1 rings (SSSR count). The van der Waals surface area contributed by atoms with Crippen molar-refractivity contribution in [3.63, 3.8) is 0 Å². The highest BCUT2D eigenvalue weighted by molar-refractivity contribution is 6.30. The zero-order chi connectivity index (χ0) is 9.14. The molecular formula is C9H12ClNO. The van der Waals surface area contributed by atoms with E-state index >= 15 is 0 Å². The highest BCUT2D eigenvalue weighted by Gasteiger charge is 2.05. The molecule has 1 heterocycles. The molecule has 2 nitrogen and oxygen atoms in total. The van der Waals surface area contributed by atoms with Crippen LogP contribution in [0.1, 0.15) is 25.5 Å². The van der Waals surface area contributed by atoms with Gasteiger partial charge in [0.2, 0.25) is 0 Å². The second-order valence-corrected chi connectivity index (χ2v) is 3.24. The zero-order valence-corrected chi connectivity index (χ0v) is 8.22. The minimum atomic E-state index is 0.397. The zero-order valence-electron chi connectivity index (χ0n) is 7.47. The van der Waals surface area contributed by atoms with Gasteiger partial charge in [-0.1, -0.05) is 25.4 Å². The van der Waals surface area contributed by atoms with E-state index in [-0.39, 0.29) is 0 Å². The van der Waals surface area contributed by atoms with Gasteiger partial charge in [-0.3, -0.25) is 0 Å². The average molecular weight is 186 g/mol. The summed E-state index contributed by atoms with van der Waals surface area (Å²) in [6, 6.07) is 3.76. The van der Waals surface area contributed by atoms with Gasteiger partial charge in [-0.05, 0) is 18.1 Å². The lowest BCUT2D eigenvalue weighted by Gasteiger charge is -2.06. The molecule has 0 N–H and O–H groups in total. The first-order valence-electron chi connectivity index (χ1n) is 3.85. The van der Waals surface area contributed by atoms with Crippen LogP contribution in [0.2, 0.25) is 5.15 Å². The van der Waals surface area contributed by atoms with Crippen molar-refractivity contribution in [2.24, 2.45) is 0 Å². The van der Waals surface area contributed by atoms with Crippen LogP contribution >= 0.6 is 11.6 Å². The lowest BCUT2D eigenvalue weighted by molar-refractivity contribution is 0.412. The molecule has 0 unspecified atom stereocenters. The second kappa shape index (κ2) is 3.76. The molecule has 0 saturated heterocycles. The van der Waals surface area contributed by atoms with Crippen molar-refractivity contribution < 1.29 is 4.74 Å². The number of pyridine rings is 1. The van der Waals surface area contributed by atoms with E-state index in [2.05, 4.69) is 18.8 Å². The highest BCUT2D eigenvalue weighted by atomic mass is 35.5. The number of nitrogens with zero attached hydrogens (tertiary/aromatic N) is 1. The summed E-state index contributed by atoms with van der Waals surface area (Å²) in [5.74, 6) is 1.02. The summed E-state index contributed by atoms with van der Waals surface area (Å²) in [4.78, 5) is 4.18. The minimum absolute atomic E-state index is 0.397. The molecule has 12 heavy (non-hydrogen) atoms. The molecule has 0 fully saturated rings. The van der Waals surface area contributed by atoms with Crippen molar-refractivity contribution >= 4 is 11.6 Å². The van der Waals surface area contributed by atoms with Crippen LogP contribution in [-0.4, -0.2) is 12.1 Å². The minimum Gasteiger partial charge on any atom is -0.494 e. The van der Waals surface area contributed by atoms with Crippen LogP contribution in [0, 0.1) is 0 Å². The molecular weight excluding hydrogens is 174 g/mol. The van der Waals surface area contributed by atoms with E-state index in [4.69, 9.17) is 16.3 Å². The monoisotopic (exact) mass is 185 g/mol. The number of hydrogen-bond acceptors (Lipinski definition) is 2. The van der Waals surface area contributed by atoms with Crippen molar-refractivity contribution in [1.29, 1.82) is 0 Å². The molecule has 0 saturated carbocycles. The van der Waals surface area contributed by atoms with E-state index < -0.39 is 0 Å². The molecule has 0 aliphatic carbocycles. The summed E-state index contributed by atoms with van der Waals surface area (Å²) in [6.45, 7) is 4.15. The number of hydrogen-bond donors (Lipinski definition) is 0. The molecule has 0 aliphatic rings. The molecule has 3 heteroatoms. The Balaban J connectivity index is 3.02. The predicted molar refractivity (Wildman–Crippen MR) is 49.9 cm³/mol. The fraction of sp³-hybridized carbons (Fsp3) is 0.444. The number of aromatic nitrogens is 1. The Morgan fingerprint density at radius 3 is 2.50 bits per heavy atom. The number of rotatable bonds is 2. The van der Waals surface area contributed by atoms with Gasteiger partial charge >= 0.3 is 0 Å². The lowest BCUT2D eigenvalue weighted by atomic mass is 10.1. The van der Waals surface area contributed by atoms with Crippen LogP contribution in [0.15, 0.2) is 12.1 Å². The van der Waals surface area contributed by atoms with Crippen LogP contribution in [0.4, 0.5) is 0 Å². The molecule has 1 aromatic heterocycles. The number of methoxy groups -OCH3 is 1. The third-order valence-electron chi connectivity index (χ3n) is 1.65. The van der Waals surface area contributed by atoms with Gasteiger partial charge in [0.1, 0.15) is 0 Å². The van der Waals surface area contributed by atoms with Gasteiger partial charge in [0, 0.05) is 5.69 Å². The van der Waals surface area contributed by atoms with Crippen molar-refractivity contribution in [2.45, 2.75) is 19.8 Å². The molecule has 0 atom stereocenters. The van der Waals surface area contributed by atoms with Gasteiger partial charge in [-0.2, -0.15) is 0 Å². The van der Waals surface area contributed by atoms with E-state index in [9.17, 15) is 0 Å². The SMILES string of the molecule is COc1ccc(C(C)C)nc1Cl. The van der Waals surface area contributed by atoms with Gasteiger partial charge in [-0.15, -0.1) is 0 Å². The molecule has 1 aromatic rings. The number of halogens is 1. The van der Waals surface area contributed by atoms with E-state index in [0.717, 1.165) is 5.69 Å². The van der Waals surface area contributed by atoms with Crippen molar-refractivity contribution in [3.8, 4) is 5.75 Å². The van der Waals surface area contributed by atoms with Gasteiger partial charge < -0.3 is 4.74 Å². The molecule has 0 amide bonds. The molecule has 0 spiro atoms. The Bertz CT molecular complexity index is 273. The maximum atomic E-state index is 5.84. The average Bonchev–Trinajstić information content (AvgIpc) is 2.04. The van der Waals surface area contributed by atoms with Gasteiger partial charge in [0.15, 0.2) is 10.9 Å². The summed E-state index contributed by atoms with van der Waals surface area (Å²) >= 11 is 5.84. The Labute approximate surface area is 77.5 Å². The molecule has 0 radical (unpaired) electrons. The Morgan fingerprint density at radius 1 is 1.42 bits per heavy atom. The van der Waals surface area contributed by atoms with Gasteiger partial charge in [0.05, 0.1) is 7.11 Å². The predicted octanol–water partition coefficient (Wildman–Crippen LogP) is 2.87. The summed E-state index contributed by atoms with van der Waals surface area (Å²) in [6.07, 6.45) is 0. The first-order chi connectivity index (χ1) is 5.65.